The summed E-state index contributed by atoms with van der Waals surface area (Å²) in [5, 5.41) is 12.2. The maximum atomic E-state index is 12.4. The van der Waals surface area contributed by atoms with Gasteiger partial charge in [-0.05, 0) is 36.8 Å². The number of fused-ring (bicyclic) bond motifs is 1. The summed E-state index contributed by atoms with van der Waals surface area (Å²) in [6.45, 7) is 1.10. The van der Waals surface area contributed by atoms with Crippen LogP contribution in [0.4, 0.5) is 5.69 Å². The van der Waals surface area contributed by atoms with Crippen LogP contribution in [0, 0.1) is 11.8 Å². The Morgan fingerprint density at radius 1 is 1.23 bits per heavy atom. The van der Waals surface area contributed by atoms with E-state index in [1.54, 1.807) is 0 Å². The molecule has 2 N–H and O–H groups in total. The smallest absolute Gasteiger partial charge is 0.308 e. The molecule has 1 unspecified atom stereocenters. The molecule has 1 aromatic carbocycles. The summed E-state index contributed by atoms with van der Waals surface area (Å²) in [6, 6.07) is 7.55. The van der Waals surface area contributed by atoms with Gasteiger partial charge in [0.25, 0.3) is 0 Å². The average Bonchev–Trinajstić information content (AvgIpc) is 2.65. The van der Waals surface area contributed by atoms with Gasteiger partial charge < -0.3 is 20.1 Å². The Bertz CT molecular complexity index is 684. The Balaban J connectivity index is 1.59. The molecule has 26 heavy (non-hydrogen) atoms. The fourth-order valence-corrected chi connectivity index (χ4v) is 3.67. The number of carboxylic acids is 1. The molecule has 2 aliphatic rings. The zero-order chi connectivity index (χ0) is 18.5. The molecule has 0 aromatic heterocycles. The number of hydrogen-bond acceptors (Lipinski definition) is 4. The van der Waals surface area contributed by atoms with E-state index in [1.165, 1.54) is 4.90 Å². The summed E-state index contributed by atoms with van der Waals surface area (Å²) >= 11 is 0. The number of amides is 2. The Kier molecular flexibility index (Phi) is 5.88. The average molecular weight is 360 g/mol. The Labute approximate surface area is 152 Å². The number of carbonyl (C=O) groups is 3. The first-order chi connectivity index (χ1) is 12.6. The molecule has 2 amide bonds. The number of benzene rings is 1. The summed E-state index contributed by atoms with van der Waals surface area (Å²) in [6.07, 6.45) is 2.43. The Hall–Kier alpha value is -2.41. The molecule has 0 bridgehead atoms. The topological polar surface area (TPSA) is 95.9 Å². The maximum Gasteiger partial charge on any atom is 0.308 e. The molecule has 0 aliphatic carbocycles. The second-order valence-electron chi connectivity index (χ2n) is 6.81. The van der Waals surface area contributed by atoms with Crippen LogP contribution in [0.3, 0.4) is 0 Å². The number of aryl methyl sites for hydroxylation is 1. The number of aliphatic carboxylic acids is 1. The number of hydrogen-bond donors (Lipinski definition) is 2. The Morgan fingerprint density at radius 2 is 1.96 bits per heavy atom. The summed E-state index contributed by atoms with van der Waals surface area (Å²) in [5.74, 6) is -1.96. The molecular weight excluding hydrogens is 336 g/mol. The fourth-order valence-electron chi connectivity index (χ4n) is 3.67. The van der Waals surface area contributed by atoms with Crippen LogP contribution in [0.15, 0.2) is 24.3 Å². The minimum Gasteiger partial charge on any atom is -0.481 e. The lowest BCUT2D eigenvalue weighted by atomic mass is 9.86. The minimum absolute atomic E-state index is 0.00102. The number of carboxylic acid groups (broad SMARTS) is 1. The second kappa shape index (κ2) is 8.31. The minimum atomic E-state index is -0.906. The summed E-state index contributed by atoms with van der Waals surface area (Å²) < 4.78 is 5.28. The van der Waals surface area contributed by atoms with Crippen molar-refractivity contribution < 1.29 is 24.2 Å². The summed E-state index contributed by atoms with van der Waals surface area (Å²) in [7, 11) is 0. The molecule has 0 saturated carbocycles. The number of para-hydroxylation sites is 1. The molecule has 3 rings (SSSR count). The molecule has 140 valence electrons. The third-order valence-corrected chi connectivity index (χ3v) is 5.16. The van der Waals surface area contributed by atoms with E-state index in [0.717, 1.165) is 11.3 Å². The highest BCUT2D eigenvalue weighted by atomic mass is 16.5. The van der Waals surface area contributed by atoms with Gasteiger partial charge in [-0.25, -0.2) is 0 Å². The predicted octanol–water partition coefficient (Wildman–Crippen LogP) is 1.21. The molecule has 1 saturated heterocycles. The Morgan fingerprint density at radius 3 is 2.69 bits per heavy atom. The quantitative estimate of drug-likeness (QED) is 0.795. The van der Waals surface area contributed by atoms with Gasteiger partial charge in [0.1, 0.15) is 6.54 Å². The lowest BCUT2D eigenvalue weighted by Gasteiger charge is -2.30. The van der Waals surface area contributed by atoms with Crippen LogP contribution >= 0.6 is 0 Å². The fraction of sp³-hybridized carbons (Fsp3) is 0.526. The van der Waals surface area contributed by atoms with Crippen LogP contribution < -0.4 is 10.2 Å². The zero-order valence-electron chi connectivity index (χ0n) is 14.6. The normalized spacial score (nSPS) is 18.9. The van der Waals surface area contributed by atoms with Gasteiger partial charge in [-0.3, -0.25) is 14.4 Å². The van der Waals surface area contributed by atoms with Crippen molar-refractivity contribution in [3.63, 3.8) is 0 Å². The van der Waals surface area contributed by atoms with Crippen molar-refractivity contribution in [2.24, 2.45) is 11.8 Å². The van der Waals surface area contributed by atoms with Gasteiger partial charge in [0, 0.05) is 31.9 Å². The molecule has 2 heterocycles. The van der Waals surface area contributed by atoms with Crippen LogP contribution in [-0.2, 0) is 25.5 Å². The highest BCUT2D eigenvalue weighted by Gasteiger charge is 2.31. The van der Waals surface area contributed by atoms with Crippen LogP contribution in [0.2, 0.25) is 0 Å². The van der Waals surface area contributed by atoms with Crippen molar-refractivity contribution in [2.45, 2.75) is 25.7 Å². The van der Waals surface area contributed by atoms with Crippen molar-refractivity contribution in [1.29, 1.82) is 0 Å². The number of ether oxygens (including phenoxy) is 1. The largest absolute Gasteiger partial charge is 0.481 e. The zero-order valence-corrected chi connectivity index (χ0v) is 14.6. The van der Waals surface area contributed by atoms with Crippen molar-refractivity contribution in [1.82, 2.24) is 5.32 Å². The molecule has 0 radical (unpaired) electrons. The highest BCUT2D eigenvalue weighted by molar-refractivity contribution is 6.01. The maximum absolute atomic E-state index is 12.4. The first-order valence-electron chi connectivity index (χ1n) is 9.02. The standard InChI is InChI=1S/C19H24N2O5/c22-17(20-11-15(19(24)25)13-7-9-26-10-8-13)12-21-16-4-2-1-3-14(16)5-6-18(21)23/h1-4,13,15H,5-12H2,(H,20,22)(H,24,25). The molecular formula is C19H24N2O5. The van der Waals surface area contributed by atoms with Gasteiger partial charge in [-0.1, -0.05) is 18.2 Å². The number of nitrogens with zero attached hydrogens (tertiary/aromatic N) is 1. The van der Waals surface area contributed by atoms with Crippen LogP contribution in [-0.4, -0.2) is 49.2 Å². The number of rotatable bonds is 6. The van der Waals surface area contributed by atoms with Crippen molar-refractivity contribution in [3.8, 4) is 0 Å². The SMILES string of the molecule is O=C(CN1C(=O)CCc2ccccc21)NCC(C(=O)O)C1CCOCC1. The van der Waals surface area contributed by atoms with Gasteiger partial charge in [0.15, 0.2) is 0 Å². The van der Waals surface area contributed by atoms with E-state index >= 15 is 0 Å². The van der Waals surface area contributed by atoms with E-state index in [0.29, 0.717) is 38.9 Å². The van der Waals surface area contributed by atoms with Gasteiger partial charge in [-0.15, -0.1) is 0 Å². The number of anilines is 1. The number of carbonyl (C=O) groups excluding carboxylic acids is 2. The van der Waals surface area contributed by atoms with E-state index in [-0.39, 0.29) is 30.8 Å². The molecule has 2 aliphatic heterocycles. The van der Waals surface area contributed by atoms with Crippen LogP contribution in [0.5, 0.6) is 0 Å². The molecule has 7 nitrogen and oxygen atoms in total. The monoisotopic (exact) mass is 360 g/mol. The van der Waals surface area contributed by atoms with E-state index in [4.69, 9.17) is 4.74 Å². The van der Waals surface area contributed by atoms with Gasteiger partial charge in [-0.2, -0.15) is 0 Å². The molecule has 0 spiro atoms. The van der Waals surface area contributed by atoms with Crippen molar-refractivity contribution in [3.05, 3.63) is 29.8 Å². The molecule has 1 fully saturated rings. The first kappa shape index (κ1) is 18.4. The molecule has 1 aromatic rings. The number of nitrogens with one attached hydrogen (secondary N) is 1. The van der Waals surface area contributed by atoms with E-state index in [9.17, 15) is 19.5 Å². The van der Waals surface area contributed by atoms with E-state index in [1.807, 2.05) is 24.3 Å². The van der Waals surface area contributed by atoms with Crippen LogP contribution in [0.1, 0.15) is 24.8 Å². The predicted molar refractivity (Wildman–Crippen MR) is 94.8 cm³/mol. The van der Waals surface area contributed by atoms with Gasteiger partial charge in [0.05, 0.1) is 5.92 Å². The highest BCUT2D eigenvalue weighted by Crippen LogP contribution is 2.27. The van der Waals surface area contributed by atoms with Crippen molar-refractivity contribution >= 4 is 23.5 Å². The second-order valence-corrected chi connectivity index (χ2v) is 6.81. The first-order valence-corrected chi connectivity index (χ1v) is 9.02. The summed E-state index contributed by atoms with van der Waals surface area (Å²) in [4.78, 5) is 37.6. The third-order valence-electron chi connectivity index (χ3n) is 5.16. The van der Waals surface area contributed by atoms with Crippen LogP contribution in [0.25, 0.3) is 0 Å². The lowest BCUT2D eigenvalue weighted by Crippen LogP contribution is -2.45. The third kappa shape index (κ3) is 4.22. The van der Waals surface area contributed by atoms with E-state index in [2.05, 4.69) is 5.32 Å². The summed E-state index contributed by atoms with van der Waals surface area (Å²) in [5.41, 5.74) is 1.81. The van der Waals surface area contributed by atoms with E-state index < -0.39 is 11.9 Å². The van der Waals surface area contributed by atoms with Gasteiger partial charge >= 0.3 is 5.97 Å². The lowest BCUT2D eigenvalue weighted by molar-refractivity contribution is -0.145. The molecule has 1 atom stereocenters. The molecule has 7 heteroatoms. The van der Waals surface area contributed by atoms with Gasteiger partial charge in [0.2, 0.25) is 11.8 Å². The van der Waals surface area contributed by atoms with Crippen molar-refractivity contribution in [2.75, 3.05) is 31.2 Å².